The predicted octanol–water partition coefficient (Wildman–Crippen LogP) is 0.983. The van der Waals surface area contributed by atoms with Crippen molar-refractivity contribution in [2.75, 3.05) is 39.0 Å². The van der Waals surface area contributed by atoms with Gasteiger partial charge >= 0.3 is 0 Å². The van der Waals surface area contributed by atoms with Crippen LogP contribution in [0.2, 0.25) is 5.02 Å². The number of nitrogens with one attached hydrogen (secondary N) is 1. The molecule has 1 unspecified atom stereocenters. The second-order valence-electron chi connectivity index (χ2n) is 4.67. The molecule has 0 spiro atoms. The number of nitrogens with two attached hydrogens (primary N) is 1. The van der Waals surface area contributed by atoms with Gasteiger partial charge in [-0.3, -0.25) is 4.79 Å². The number of rotatable bonds is 3. The van der Waals surface area contributed by atoms with Crippen molar-refractivity contribution in [3.05, 3.63) is 28.8 Å². The number of carbonyl (C=O) groups is 1. The average Bonchev–Trinajstić information content (AvgIpc) is 2.36. The van der Waals surface area contributed by atoms with Crippen LogP contribution in [0, 0.1) is 0 Å². The number of hydrogen-bond donors (Lipinski definition) is 2. The highest BCUT2D eigenvalue weighted by molar-refractivity contribution is 6.34. The van der Waals surface area contributed by atoms with Gasteiger partial charge in [0.2, 0.25) is 0 Å². The number of nitrogen functional groups attached to an aromatic ring is 1. The van der Waals surface area contributed by atoms with Gasteiger partial charge in [0.05, 0.1) is 23.3 Å². The molecule has 1 heterocycles. The second kappa shape index (κ2) is 6.23. The topological polar surface area (TPSA) is 67.6 Å². The van der Waals surface area contributed by atoms with Crippen LogP contribution in [0.15, 0.2) is 18.2 Å². The number of benzene rings is 1. The molecule has 1 fully saturated rings. The van der Waals surface area contributed by atoms with Crippen molar-refractivity contribution in [2.45, 2.75) is 6.10 Å². The molecule has 1 saturated heterocycles. The Hall–Kier alpha value is -1.30. The summed E-state index contributed by atoms with van der Waals surface area (Å²) < 4.78 is 5.57. The van der Waals surface area contributed by atoms with Crippen LogP contribution in [-0.4, -0.2) is 50.2 Å². The predicted molar refractivity (Wildman–Crippen MR) is 75.4 cm³/mol. The van der Waals surface area contributed by atoms with E-state index < -0.39 is 0 Å². The Morgan fingerprint density at radius 1 is 1.63 bits per heavy atom. The van der Waals surface area contributed by atoms with Gasteiger partial charge in [0.15, 0.2) is 0 Å². The van der Waals surface area contributed by atoms with Gasteiger partial charge in [0.1, 0.15) is 0 Å². The molecule has 1 aliphatic rings. The van der Waals surface area contributed by atoms with Crippen LogP contribution in [0.3, 0.4) is 0 Å². The number of carbonyl (C=O) groups excluding carboxylic acids is 1. The van der Waals surface area contributed by atoms with Gasteiger partial charge in [-0.25, -0.2) is 0 Å². The number of nitrogens with zero attached hydrogens (tertiary/aromatic N) is 1. The lowest BCUT2D eigenvalue weighted by molar-refractivity contribution is -0.0174. The zero-order valence-corrected chi connectivity index (χ0v) is 11.6. The van der Waals surface area contributed by atoms with E-state index >= 15 is 0 Å². The van der Waals surface area contributed by atoms with Crippen molar-refractivity contribution >= 4 is 23.2 Å². The number of halogens is 1. The number of morpholine rings is 1. The van der Waals surface area contributed by atoms with Crippen molar-refractivity contribution in [3.8, 4) is 0 Å². The molecule has 2 rings (SSSR count). The lowest BCUT2D eigenvalue weighted by atomic mass is 10.1. The number of likely N-dealkylation sites (N-methyl/N-ethyl adjacent to an activating group) is 1. The first kappa shape index (κ1) is 14.1. The van der Waals surface area contributed by atoms with Gasteiger partial charge in [-0.2, -0.15) is 0 Å². The number of amides is 1. The first-order chi connectivity index (χ1) is 9.08. The molecule has 1 aromatic rings. The van der Waals surface area contributed by atoms with Crippen LogP contribution in [-0.2, 0) is 4.74 Å². The highest BCUT2D eigenvalue weighted by Gasteiger charge is 2.20. The third kappa shape index (κ3) is 3.59. The first-order valence-electron chi connectivity index (χ1n) is 6.20. The molecule has 0 saturated carbocycles. The molecule has 0 aromatic heterocycles. The summed E-state index contributed by atoms with van der Waals surface area (Å²) in [7, 11) is 2.03. The van der Waals surface area contributed by atoms with Crippen molar-refractivity contribution in [3.63, 3.8) is 0 Å². The second-order valence-corrected chi connectivity index (χ2v) is 5.08. The molecule has 1 aromatic carbocycles. The summed E-state index contributed by atoms with van der Waals surface area (Å²) in [6.45, 7) is 2.86. The van der Waals surface area contributed by atoms with Crippen LogP contribution in [0.5, 0.6) is 0 Å². The Labute approximate surface area is 117 Å². The van der Waals surface area contributed by atoms with Crippen LogP contribution < -0.4 is 11.1 Å². The monoisotopic (exact) mass is 283 g/mol. The van der Waals surface area contributed by atoms with Crippen molar-refractivity contribution in [1.29, 1.82) is 0 Å². The standard InChI is InChI=1S/C13H18ClN3O2/c1-17-5-6-19-9(8-17)7-16-13(18)12-10(14)3-2-4-11(12)15/h2-4,9H,5-8,15H2,1H3,(H,16,18). The van der Waals surface area contributed by atoms with E-state index in [9.17, 15) is 4.79 Å². The summed E-state index contributed by atoms with van der Waals surface area (Å²) in [4.78, 5) is 14.2. The van der Waals surface area contributed by atoms with E-state index in [4.69, 9.17) is 22.1 Å². The molecule has 0 bridgehead atoms. The molecule has 104 valence electrons. The maximum absolute atomic E-state index is 12.1. The number of anilines is 1. The zero-order chi connectivity index (χ0) is 13.8. The first-order valence-corrected chi connectivity index (χ1v) is 6.58. The molecule has 1 amide bonds. The van der Waals surface area contributed by atoms with E-state index in [1.54, 1.807) is 18.2 Å². The van der Waals surface area contributed by atoms with E-state index in [0.29, 0.717) is 29.4 Å². The Balaban J connectivity index is 1.94. The fourth-order valence-corrected chi connectivity index (χ4v) is 2.33. The van der Waals surface area contributed by atoms with Crippen LogP contribution in [0.4, 0.5) is 5.69 Å². The molecule has 3 N–H and O–H groups in total. The fraction of sp³-hybridized carbons (Fsp3) is 0.462. The van der Waals surface area contributed by atoms with Gasteiger partial charge in [0.25, 0.3) is 5.91 Å². The third-order valence-electron chi connectivity index (χ3n) is 3.11. The Morgan fingerprint density at radius 2 is 2.42 bits per heavy atom. The fourth-order valence-electron chi connectivity index (χ4n) is 2.07. The Kier molecular flexibility index (Phi) is 4.63. The smallest absolute Gasteiger partial charge is 0.254 e. The van der Waals surface area contributed by atoms with E-state index in [0.717, 1.165) is 13.1 Å². The quantitative estimate of drug-likeness (QED) is 0.812. The Morgan fingerprint density at radius 3 is 3.11 bits per heavy atom. The van der Waals surface area contributed by atoms with Gasteiger partial charge in [-0.15, -0.1) is 0 Å². The normalized spacial score (nSPS) is 20.2. The molecular formula is C13H18ClN3O2. The van der Waals surface area contributed by atoms with Gasteiger partial charge in [-0.05, 0) is 19.2 Å². The molecule has 1 aliphatic heterocycles. The third-order valence-corrected chi connectivity index (χ3v) is 3.42. The maximum Gasteiger partial charge on any atom is 0.254 e. The lowest BCUT2D eigenvalue weighted by Crippen LogP contribution is -2.46. The minimum Gasteiger partial charge on any atom is -0.398 e. The van der Waals surface area contributed by atoms with Crippen molar-refractivity contribution in [1.82, 2.24) is 10.2 Å². The summed E-state index contributed by atoms with van der Waals surface area (Å²) >= 11 is 5.99. The SMILES string of the molecule is CN1CCOC(CNC(=O)c2c(N)cccc2Cl)C1. The minimum atomic E-state index is -0.264. The van der Waals surface area contributed by atoms with Crippen LogP contribution >= 0.6 is 11.6 Å². The van der Waals surface area contributed by atoms with Crippen LogP contribution in [0.25, 0.3) is 0 Å². The number of ether oxygens (including phenoxy) is 1. The molecule has 19 heavy (non-hydrogen) atoms. The van der Waals surface area contributed by atoms with Crippen molar-refractivity contribution < 1.29 is 9.53 Å². The van der Waals surface area contributed by atoms with E-state index in [2.05, 4.69) is 10.2 Å². The van der Waals surface area contributed by atoms with E-state index in [1.165, 1.54) is 0 Å². The van der Waals surface area contributed by atoms with Crippen molar-refractivity contribution in [2.24, 2.45) is 0 Å². The maximum atomic E-state index is 12.1. The largest absolute Gasteiger partial charge is 0.398 e. The highest BCUT2D eigenvalue weighted by Crippen LogP contribution is 2.21. The number of hydrogen-bond acceptors (Lipinski definition) is 4. The van der Waals surface area contributed by atoms with E-state index in [-0.39, 0.29) is 12.0 Å². The highest BCUT2D eigenvalue weighted by atomic mass is 35.5. The summed E-state index contributed by atoms with van der Waals surface area (Å²) in [6.07, 6.45) is 0.00594. The van der Waals surface area contributed by atoms with Crippen LogP contribution in [0.1, 0.15) is 10.4 Å². The molecule has 0 aliphatic carbocycles. The van der Waals surface area contributed by atoms with E-state index in [1.807, 2.05) is 7.05 Å². The summed E-state index contributed by atoms with van der Waals surface area (Å²) in [6, 6.07) is 5.02. The molecule has 6 heteroatoms. The average molecular weight is 284 g/mol. The Bertz CT molecular complexity index is 447. The van der Waals surface area contributed by atoms with Gasteiger partial charge in [0, 0.05) is 25.3 Å². The molecule has 0 radical (unpaired) electrons. The lowest BCUT2D eigenvalue weighted by Gasteiger charge is -2.30. The van der Waals surface area contributed by atoms with Gasteiger partial charge in [-0.1, -0.05) is 17.7 Å². The summed E-state index contributed by atoms with van der Waals surface area (Å²) in [5.41, 5.74) is 6.48. The minimum absolute atomic E-state index is 0.00594. The summed E-state index contributed by atoms with van der Waals surface area (Å²) in [5.74, 6) is -0.264. The molecular weight excluding hydrogens is 266 g/mol. The molecule has 5 nitrogen and oxygen atoms in total. The molecule has 1 atom stereocenters. The van der Waals surface area contributed by atoms with Gasteiger partial charge < -0.3 is 20.7 Å². The zero-order valence-electron chi connectivity index (χ0n) is 10.9. The summed E-state index contributed by atoms with van der Waals surface area (Å²) in [5, 5.41) is 3.18.